The fourth-order valence-corrected chi connectivity index (χ4v) is 3.93. The number of hydrogen-bond donors (Lipinski definition) is 0. The van der Waals surface area contributed by atoms with Gasteiger partial charge < -0.3 is 4.74 Å². The minimum atomic E-state index is -3.54. The molecule has 1 aromatic carbocycles. The van der Waals surface area contributed by atoms with E-state index < -0.39 is 22.4 Å². The minimum absolute atomic E-state index is 0.150. The van der Waals surface area contributed by atoms with Crippen LogP contribution in [0, 0.1) is 0 Å². The van der Waals surface area contributed by atoms with Crippen LogP contribution in [0.1, 0.15) is 16.1 Å². The molecule has 2 aromatic rings. The standard InChI is InChI=1S/C15H13ClO5S2/c16-14-7-6-13(22-14)12(17)10-21-15(18)8-9-23(19,20)11-4-2-1-3-5-11/h1-7H,8-10H2. The topological polar surface area (TPSA) is 77.5 Å². The molecule has 23 heavy (non-hydrogen) atoms. The third kappa shape index (κ3) is 5.16. The molecule has 122 valence electrons. The van der Waals surface area contributed by atoms with Gasteiger partial charge in [-0.3, -0.25) is 9.59 Å². The number of rotatable bonds is 7. The van der Waals surface area contributed by atoms with E-state index >= 15 is 0 Å². The minimum Gasteiger partial charge on any atom is -0.457 e. The van der Waals surface area contributed by atoms with Gasteiger partial charge >= 0.3 is 5.97 Å². The first-order chi connectivity index (χ1) is 10.9. The molecule has 0 saturated carbocycles. The van der Waals surface area contributed by atoms with Gasteiger partial charge in [0.05, 0.1) is 26.3 Å². The lowest BCUT2D eigenvalue weighted by Gasteiger charge is -2.05. The molecule has 0 bridgehead atoms. The van der Waals surface area contributed by atoms with Crippen molar-refractivity contribution in [2.75, 3.05) is 12.4 Å². The third-order valence-corrected chi connectivity index (χ3v) is 5.89. The van der Waals surface area contributed by atoms with Gasteiger partial charge in [0.2, 0.25) is 5.78 Å². The summed E-state index contributed by atoms with van der Waals surface area (Å²) < 4.78 is 29.3. The van der Waals surface area contributed by atoms with Gasteiger partial charge in [-0.2, -0.15) is 0 Å². The molecule has 0 amide bonds. The van der Waals surface area contributed by atoms with Crippen LogP contribution in [0.25, 0.3) is 0 Å². The van der Waals surface area contributed by atoms with Crippen LogP contribution in [-0.4, -0.2) is 32.5 Å². The van der Waals surface area contributed by atoms with Crippen molar-refractivity contribution in [2.24, 2.45) is 0 Å². The summed E-state index contributed by atoms with van der Waals surface area (Å²) in [6, 6.07) is 11.0. The second-order valence-corrected chi connectivity index (χ2v) is 8.39. The third-order valence-electron chi connectivity index (χ3n) is 2.89. The number of benzene rings is 1. The van der Waals surface area contributed by atoms with Crippen LogP contribution in [0.5, 0.6) is 0 Å². The highest BCUT2D eigenvalue weighted by Gasteiger charge is 2.18. The second-order valence-electron chi connectivity index (χ2n) is 4.57. The highest BCUT2D eigenvalue weighted by Crippen LogP contribution is 2.21. The molecule has 0 radical (unpaired) electrons. The molecule has 1 aromatic heterocycles. The largest absolute Gasteiger partial charge is 0.457 e. The number of carbonyl (C=O) groups excluding carboxylic acids is 2. The lowest BCUT2D eigenvalue weighted by Crippen LogP contribution is -2.17. The van der Waals surface area contributed by atoms with E-state index in [9.17, 15) is 18.0 Å². The molecule has 0 N–H and O–H groups in total. The summed E-state index contributed by atoms with van der Waals surface area (Å²) in [6.45, 7) is -0.430. The Morgan fingerprint density at radius 2 is 1.78 bits per heavy atom. The molecule has 0 fully saturated rings. The van der Waals surface area contributed by atoms with E-state index in [2.05, 4.69) is 0 Å². The Labute approximate surface area is 142 Å². The number of thiophene rings is 1. The summed E-state index contributed by atoms with van der Waals surface area (Å²) >= 11 is 6.81. The molecule has 0 unspecified atom stereocenters. The number of halogens is 1. The van der Waals surface area contributed by atoms with Crippen molar-refractivity contribution < 1.29 is 22.7 Å². The van der Waals surface area contributed by atoms with Crippen LogP contribution in [-0.2, 0) is 19.4 Å². The second kappa shape index (κ2) is 7.72. The van der Waals surface area contributed by atoms with Crippen LogP contribution < -0.4 is 0 Å². The Balaban J connectivity index is 1.82. The van der Waals surface area contributed by atoms with E-state index in [4.69, 9.17) is 16.3 Å². The van der Waals surface area contributed by atoms with Crippen LogP contribution in [0.15, 0.2) is 47.4 Å². The summed E-state index contributed by atoms with van der Waals surface area (Å²) in [6.07, 6.45) is -0.310. The zero-order chi connectivity index (χ0) is 16.9. The lowest BCUT2D eigenvalue weighted by atomic mass is 10.3. The number of ketones is 1. The Morgan fingerprint density at radius 3 is 2.39 bits per heavy atom. The van der Waals surface area contributed by atoms with E-state index in [-0.39, 0.29) is 22.9 Å². The van der Waals surface area contributed by atoms with Crippen LogP contribution in [0.2, 0.25) is 4.34 Å². The molecule has 8 heteroatoms. The molecule has 0 saturated heterocycles. The molecular weight excluding hydrogens is 360 g/mol. The fraction of sp³-hybridized carbons (Fsp3) is 0.200. The van der Waals surface area contributed by atoms with E-state index in [1.807, 2.05) is 0 Å². The van der Waals surface area contributed by atoms with Crippen molar-refractivity contribution in [3.05, 3.63) is 51.7 Å². The first kappa shape index (κ1) is 17.7. The van der Waals surface area contributed by atoms with Gasteiger partial charge in [0.15, 0.2) is 16.4 Å². The molecule has 0 spiro atoms. The van der Waals surface area contributed by atoms with E-state index in [1.54, 1.807) is 30.3 Å². The predicted molar refractivity (Wildman–Crippen MR) is 87.7 cm³/mol. The Bertz CT molecular complexity index is 796. The van der Waals surface area contributed by atoms with E-state index in [1.165, 1.54) is 12.1 Å². The first-order valence-corrected chi connectivity index (χ1v) is 9.45. The first-order valence-electron chi connectivity index (χ1n) is 6.60. The Morgan fingerprint density at radius 1 is 1.09 bits per heavy atom. The summed E-state index contributed by atoms with van der Waals surface area (Å²) in [5, 5.41) is 0. The van der Waals surface area contributed by atoms with Crippen molar-refractivity contribution in [3.63, 3.8) is 0 Å². The SMILES string of the molecule is O=C(CCS(=O)(=O)c1ccccc1)OCC(=O)c1ccc(Cl)s1. The van der Waals surface area contributed by atoms with Crippen molar-refractivity contribution in [1.82, 2.24) is 0 Å². The van der Waals surface area contributed by atoms with Gasteiger partial charge in [0.1, 0.15) is 0 Å². The molecular formula is C15H13ClO5S2. The number of ether oxygens (including phenoxy) is 1. The lowest BCUT2D eigenvalue weighted by molar-refractivity contribution is -0.142. The molecule has 5 nitrogen and oxygen atoms in total. The van der Waals surface area contributed by atoms with Crippen LogP contribution >= 0.6 is 22.9 Å². The average molecular weight is 373 g/mol. The van der Waals surface area contributed by atoms with Gasteiger partial charge in [0.25, 0.3) is 0 Å². The number of Topliss-reactive ketones (excluding diaryl/α,β-unsaturated/α-hetero) is 1. The van der Waals surface area contributed by atoms with Crippen molar-refractivity contribution in [1.29, 1.82) is 0 Å². The predicted octanol–water partition coefficient (Wildman–Crippen LogP) is 2.99. The maximum absolute atomic E-state index is 12.0. The average Bonchev–Trinajstić information content (AvgIpc) is 2.98. The Kier molecular flexibility index (Phi) is 5.92. The number of esters is 1. The van der Waals surface area contributed by atoms with Crippen LogP contribution in [0.3, 0.4) is 0 Å². The van der Waals surface area contributed by atoms with Gasteiger partial charge in [-0.25, -0.2) is 8.42 Å². The highest BCUT2D eigenvalue weighted by atomic mass is 35.5. The molecule has 0 aliphatic carbocycles. The normalized spacial score (nSPS) is 11.2. The Hall–Kier alpha value is -1.70. The van der Waals surface area contributed by atoms with E-state index in [0.29, 0.717) is 9.21 Å². The number of carbonyl (C=O) groups is 2. The van der Waals surface area contributed by atoms with Gasteiger partial charge in [0, 0.05) is 0 Å². The summed E-state index contributed by atoms with van der Waals surface area (Å²) in [7, 11) is -3.54. The molecule has 0 atom stereocenters. The van der Waals surface area contributed by atoms with Gasteiger partial charge in [-0.05, 0) is 24.3 Å². The molecule has 2 rings (SSSR count). The zero-order valence-corrected chi connectivity index (χ0v) is 14.3. The fourth-order valence-electron chi connectivity index (χ4n) is 1.72. The maximum Gasteiger partial charge on any atom is 0.307 e. The quantitative estimate of drug-likeness (QED) is 0.551. The molecule has 1 heterocycles. The van der Waals surface area contributed by atoms with E-state index in [0.717, 1.165) is 11.3 Å². The maximum atomic E-state index is 12.0. The molecule has 0 aliphatic heterocycles. The number of hydrogen-bond acceptors (Lipinski definition) is 6. The zero-order valence-electron chi connectivity index (χ0n) is 11.9. The summed E-state index contributed by atoms with van der Waals surface area (Å²) in [4.78, 5) is 23.9. The number of sulfone groups is 1. The van der Waals surface area contributed by atoms with Crippen molar-refractivity contribution in [3.8, 4) is 0 Å². The van der Waals surface area contributed by atoms with Crippen LogP contribution in [0.4, 0.5) is 0 Å². The smallest absolute Gasteiger partial charge is 0.307 e. The highest BCUT2D eigenvalue weighted by molar-refractivity contribution is 7.91. The monoisotopic (exact) mass is 372 g/mol. The van der Waals surface area contributed by atoms with Crippen molar-refractivity contribution >= 4 is 44.5 Å². The van der Waals surface area contributed by atoms with Crippen molar-refractivity contribution in [2.45, 2.75) is 11.3 Å². The van der Waals surface area contributed by atoms with Gasteiger partial charge in [-0.1, -0.05) is 29.8 Å². The van der Waals surface area contributed by atoms with Gasteiger partial charge in [-0.15, -0.1) is 11.3 Å². The summed E-state index contributed by atoms with van der Waals surface area (Å²) in [5.41, 5.74) is 0. The summed E-state index contributed by atoms with van der Waals surface area (Å²) in [5.74, 6) is -1.48. The molecule has 0 aliphatic rings.